The van der Waals surface area contributed by atoms with Crippen LogP contribution in [0.15, 0.2) is 53.0 Å². The number of hydrogen-bond donors (Lipinski definition) is 1. The van der Waals surface area contributed by atoms with Gasteiger partial charge in [-0.15, -0.1) is 0 Å². The van der Waals surface area contributed by atoms with Crippen LogP contribution in [0.1, 0.15) is 18.1 Å². The number of halogens is 2. The lowest BCUT2D eigenvalue weighted by Crippen LogP contribution is -2.35. The predicted molar refractivity (Wildman–Crippen MR) is 75.8 cm³/mol. The molecular formula is C15H15BrFN. The maximum atomic E-state index is 13.3. The smallest absolute Gasteiger partial charge is 0.124 e. The van der Waals surface area contributed by atoms with Crippen LogP contribution in [0.5, 0.6) is 0 Å². The topological polar surface area (TPSA) is 26.0 Å². The van der Waals surface area contributed by atoms with E-state index in [1.165, 1.54) is 12.1 Å². The molecule has 0 aliphatic carbocycles. The molecule has 0 aliphatic heterocycles. The molecule has 0 spiro atoms. The Labute approximate surface area is 115 Å². The van der Waals surface area contributed by atoms with Crippen molar-refractivity contribution in [2.24, 2.45) is 5.73 Å². The largest absolute Gasteiger partial charge is 0.321 e. The van der Waals surface area contributed by atoms with E-state index in [1.807, 2.05) is 43.3 Å². The molecule has 0 fully saturated rings. The van der Waals surface area contributed by atoms with Gasteiger partial charge >= 0.3 is 0 Å². The minimum absolute atomic E-state index is 0.247. The Morgan fingerprint density at radius 3 is 2.44 bits per heavy atom. The molecule has 0 heterocycles. The average molecular weight is 308 g/mol. The third-order valence-electron chi connectivity index (χ3n) is 2.93. The molecule has 0 bridgehead atoms. The van der Waals surface area contributed by atoms with Gasteiger partial charge in [0.2, 0.25) is 0 Å². The van der Waals surface area contributed by atoms with Gasteiger partial charge in [-0.05, 0) is 42.7 Å². The molecule has 0 amide bonds. The molecule has 2 aromatic carbocycles. The second-order valence-corrected chi connectivity index (χ2v) is 5.65. The van der Waals surface area contributed by atoms with Gasteiger partial charge in [0.1, 0.15) is 5.82 Å². The van der Waals surface area contributed by atoms with Gasteiger partial charge in [0.25, 0.3) is 0 Å². The molecular weight excluding hydrogens is 293 g/mol. The van der Waals surface area contributed by atoms with Crippen molar-refractivity contribution in [1.82, 2.24) is 0 Å². The minimum atomic E-state index is -0.505. The second kappa shape index (κ2) is 5.21. The van der Waals surface area contributed by atoms with E-state index in [2.05, 4.69) is 15.9 Å². The molecule has 18 heavy (non-hydrogen) atoms. The van der Waals surface area contributed by atoms with E-state index in [4.69, 9.17) is 5.73 Å². The van der Waals surface area contributed by atoms with E-state index >= 15 is 0 Å². The van der Waals surface area contributed by atoms with Crippen LogP contribution in [0.2, 0.25) is 0 Å². The van der Waals surface area contributed by atoms with Gasteiger partial charge in [-0.1, -0.05) is 46.3 Å². The maximum Gasteiger partial charge on any atom is 0.124 e. The number of benzene rings is 2. The van der Waals surface area contributed by atoms with Crippen molar-refractivity contribution in [3.8, 4) is 0 Å². The Bertz CT molecular complexity index is 517. The van der Waals surface area contributed by atoms with Crippen LogP contribution in [-0.4, -0.2) is 0 Å². The zero-order valence-electron chi connectivity index (χ0n) is 10.2. The zero-order valence-corrected chi connectivity index (χ0v) is 11.7. The van der Waals surface area contributed by atoms with Gasteiger partial charge < -0.3 is 5.73 Å². The predicted octanol–water partition coefficient (Wildman–Crippen LogP) is 4.00. The van der Waals surface area contributed by atoms with E-state index in [0.717, 1.165) is 15.6 Å². The van der Waals surface area contributed by atoms with Crippen LogP contribution in [0, 0.1) is 5.82 Å². The van der Waals surface area contributed by atoms with Crippen LogP contribution < -0.4 is 5.73 Å². The fraction of sp³-hybridized carbons (Fsp3) is 0.200. The molecule has 1 atom stereocenters. The highest BCUT2D eigenvalue weighted by molar-refractivity contribution is 9.10. The molecule has 0 aromatic heterocycles. The summed E-state index contributed by atoms with van der Waals surface area (Å²) < 4.78 is 14.1. The van der Waals surface area contributed by atoms with E-state index in [0.29, 0.717) is 6.42 Å². The lowest BCUT2D eigenvalue weighted by atomic mass is 9.87. The molecule has 3 heteroatoms. The van der Waals surface area contributed by atoms with Crippen molar-refractivity contribution < 1.29 is 4.39 Å². The molecule has 2 aromatic rings. The van der Waals surface area contributed by atoms with Crippen molar-refractivity contribution in [1.29, 1.82) is 0 Å². The van der Waals surface area contributed by atoms with Crippen molar-refractivity contribution >= 4 is 15.9 Å². The minimum Gasteiger partial charge on any atom is -0.321 e. The average Bonchev–Trinajstić information content (AvgIpc) is 2.28. The van der Waals surface area contributed by atoms with Gasteiger partial charge in [0.15, 0.2) is 0 Å². The van der Waals surface area contributed by atoms with Crippen molar-refractivity contribution in [2.75, 3.05) is 0 Å². The quantitative estimate of drug-likeness (QED) is 0.911. The number of hydrogen-bond acceptors (Lipinski definition) is 1. The third kappa shape index (κ3) is 3.18. The molecule has 94 valence electrons. The fourth-order valence-electron chi connectivity index (χ4n) is 2.06. The summed E-state index contributed by atoms with van der Waals surface area (Å²) in [5, 5.41) is 0. The molecule has 1 nitrogen and oxygen atoms in total. The summed E-state index contributed by atoms with van der Waals surface area (Å²) in [6, 6.07) is 14.7. The lowest BCUT2D eigenvalue weighted by Gasteiger charge is -2.25. The van der Waals surface area contributed by atoms with Gasteiger partial charge in [0, 0.05) is 10.0 Å². The Hall–Kier alpha value is -1.19. The summed E-state index contributed by atoms with van der Waals surface area (Å²) in [6.07, 6.45) is 0.591. The maximum absolute atomic E-state index is 13.3. The van der Waals surface area contributed by atoms with Crippen LogP contribution in [0.25, 0.3) is 0 Å². The Morgan fingerprint density at radius 1 is 1.17 bits per heavy atom. The normalized spacial score (nSPS) is 14.2. The number of rotatable bonds is 3. The van der Waals surface area contributed by atoms with E-state index < -0.39 is 5.54 Å². The Kier molecular flexibility index (Phi) is 3.83. The fourth-order valence-corrected chi connectivity index (χ4v) is 2.57. The zero-order chi connectivity index (χ0) is 13.2. The van der Waals surface area contributed by atoms with Gasteiger partial charge in [-0.3, -0.25) is 0 Å². The lowest BCUT2D eigenvalue weighted by molar-refractivity contribution is 0.489. The van der Waals surface area contributed by atoms with Crippen molar-refractivity contribution in [2.45, 2.75) is 18.9 Å². The van der Waals surface area contributed by atoms with E-state index in [-0.39, 0.29) is 5.82 Å². The summed E-state index contributed by atoms with van der Waals surface area (Å²) in [6.45, 7) is 1.96. The summed E-state index contributed by atoms with van der Waals surface area (Å²) in [5.74, 6) is -0.247. The summed E-state index contributed by atoms with van der Waals surface area (Å²) >= 11 is 3.30. The summed E-state index contributed by atoms with van der Waals surface area (Å²) in [4.78, 5) is 0. The van der Waals surface area contributed by atoms with Crippen LogP contribution in [-0.2, 0) is 12.0 Å². The monoisotopic (exact) mass is 307 g/mol. The first-order valence-electron chi connectivity index (χ1n) is 5.77. The van der Waals surface area contributed by atoms with Crippen molar-refractivity contribution in [3.63, 3.8) is 0 Å². The SMILES string of the molecule is CC(N)(Cc1cc(F)cc(Br)c1)c1ccccc1. The number of nitrogens with two attached hydrogens (primary N) is 1. The van der Waals surface area contributed by atoms with Gasteiger partial charge in [0.05, 0.1) is 0 Å². The van der Waals surface area contributed by atoms with Crippen LogP contribution in [0.4, 0.5) is 4.39 Å². The van der Waals surface area contributed by atoms with Gasteiger partial charge in [-0.2, -0.15) is 0 Å². The Balaban J connectivity index is 2.27. The Morgan fingerprint density at radius 2 is 1.83 bits per heavy atom. The molecule has 2 rings (SSSR count). The highest BCUT2D eigenvalue weighted by Crippen LogP contribution is 2.24. The third-order valence-corrected chi connectivity index (χ3v) is 3.38. The summed E-state index contributed by atoms with van der Waals surface area (Å²) in [7, 11) is 0. The molecule has 2 N–H and O–H groups in total. The molecule has 0 aliphatic rings. The van der Waals surface area contributed by atoms with Crippen molar-refractivity contribution in [3.05, 3.63) is 69.9 Å². The molecule has 0 saturated heterocycles. The van der Waals surface area contributed by atoms with Crippen LogP contribution >= 0.6 is 15.9 Å². The standard InChI is InChI=1S/C15H15BrFN/c1-15(18,12-5-3-2-4-6-12)10-11-7-13(16)9-14(17)8-11/h2-9H,10,18H2,1H3. The first kappa shape index (κ1) is 13.2. The summed E-state index contributed by atoms with van der Waals surface area (Å²) in [5.41, 5.74) is 7.76. The van der Waals surface area contributed by atoms with Gasteiger partial charge in [-0.25, -0.2) is 4.39 Å². The highest BCUT2D eigenvalue weighted by Gasteiger charge is 2.21. The molecule has 0 saturated carbocycles. The van der Waals surface area contributed by atoms with E-state index in [9.17, 15) is 4.39 Å². The first-order valence-corrected chi connectivity index (χ1v) is 6.56. The molecule has 1 unspecified atom stereocenters. The highest BCUT2D eigenvalue weighted by atomic mass is 79.9. The first-order chi connectivity index (χ1) is 8.47. The van der Waals surface area contributed by atoms with Crippen LogP contribution in [0.3, 0.4) is 0 Å². The molecule has 0 radical (unpaired) electrons. The van der Waals surface area contributed by atoms with E-state index in [1.54, 1.807) is 0 Å². The second-order valence-electron chi connectivity index (χ2n) is 4.74.